The van der Waals surface area contributed by atoms with Crippen molar-refractivity contribution in [2.45, 2.75) is 20.0 Å². The maximum Gasteiger partial charge on any atom is 0.293 e. The molecule has 2 N–H and O–H groups in total. The number of amides is 2. The summed E-state index contributed by atoms with van der Waals surface area (Å²) in [5, 5.41) is 16.5. The zero-order valence-electron chi connectivity index (χ0n) is 16.4. The minimum absolute atomic E-state index is 0.0854. The quantitative estimate of drug-likeness (QED) is 0.589. The van der Waals surface area contributed by atoms with E-state index in [0.29, 0.717) is 11.4 Å². The Morgan fingerprint density at radius 3 is 2.62 bits per heavy atom. The fourth-order valence-electron chi connectivity index (χ4n) is 3.17. The molecule has 2 aromatic carbocycles. The number of nitro groups is 1. The molecule has 152 valence electrons. The summed E-state index contributed by atoms with van der Waals surface area (Å²) in [6.45, 7) is 3.69. The van der Waals surface area contributed by atoms with Crippen LogP contribution in [0.25, 0.3) is 0 Å². The number of carbonyl (C=O) groups excluding carboxylic acids is 2. The van der Waals surface area contributed by atoms with Gasteiger partial charge in [0, 0.05) is 13.1 Å². The van der Waals surface area contributed by atoms with Crippen LogP contribution in [0, 0.1) is 24.0 Å². The topological polar surface area (TPSA) is 114 Å². The molecule has 1 heterocycles. The lowest BCUT2D eigenvalue weighted by Crippen LogP contribution is -2.50. The van der Waals surface area contributed by atoms with Crippen molar-refractivity contribution in [2.24, 2.45) is 0 Å². The van der Waals surface area contributed by atoms with E-state index in [1.165, 1.54) is 13.1 Å². The number of nitrogens with zero attached hydrogens (tertiary/aromatic N) is 2. The molecule has 1 unspecified atom stereocenters. The number of fused-ring (bicyclic) bond motifs is 1. The number of nitro benzene ring substituents is 1. The van der Waals surface area contributed by atoms with Gasteiger partial charge in [-0.3, -0.25) is 19.7 Å². The molecule has 0 aromatic heterocycles. The van der Waals surface area contributed by atoms with E-state index in [1.807, 2.05) is 13.0 Å². The van der Waals surface area contributed by atoms with Crippen LogP contribution in [0.4, 0.5) is 17.1 Å². The van der Waals surface area contributed by atoms with Crippen LogP contribution in [-0.4, -0.2) is 43.0 Å². The zero-order chi connectivity index (χ0) is 21.1. The lowest BCUT2D eigenvalue weighted by Gasteiger charge is -2.34. The molecule has 9 heteroatoms. The molecule has 0 aliphatic carbocycles. The molecule has 3 rings (SSSR count). The molecule has 29 heavy (non-hydrogen) atoms. The largest absolute Gasteiger partial charge is 0.477 e. The van der Waals surface area contributed by atoms with E-state index in [1.54, 1.807) is 36.1 Å². The van der Waals surface area contributed by atoms with Crippen LogP contribution in [-0.2, 0) is 9.59 Å². The molecular weight excluding hydrogens is 376 g/mol. The average Bonchev–Trinajstić information content (AvgIpc) is 2.69. The Bertz CT molecular complexity index is 975. The van der Waals surface area contributed by atoms with Gasteiger partial charge in [0.05, 0.1) is 23.7 Å². The Morgan fingerprint density at radius 2 is 1.93 bits per heavy atom. The highest BCUT2D eigenvalue weighted by Gasteiger charge is 2.31. The van der Waals surface area contributed by atoms with Crippen molar-refractivity contribution in [3.05, 3.63) is 57.6 Å². The molecule has 2 aromatic rings. The van der Waals surface area contributed by atoms with Crippen molar-refractivity contribution in [1.82, 2.24) is 5.32 Å². The molecule has 0 fully saturated rings. The predicted octanol–water partition coefficient (Wildman–Crippen LogP) is 2.16. The summed E-state index contributed by atoms with van der Waals surface area (Å²) in [5.74, 6) is -0.226. The van der Waals surface area contributed by atoms with Gasteiger partial charge >= 0.3 is 0 Å². The first kappa shape index (κ1) is 20.1. The standard InChI is InChI=1S/C20H22N4O5/c1-12-8-14(16(24(27)28)9-13(12)2)22-19(25)11-23-10-18(20(26)21-3)29-17-7-5-4-6-15(17)23/h4-9,18H,10-11H2,1-3H3,(H,21,26)(H,22,25). The minimum Gasteiger partial charge on any atom is -0.477 e. The van der Waals surface area contributed by atoms with Crippen LogP contribution < -0.4 is 20.3 Å². The number of rotatable bonds is 5. The summed E-state index contributed by atoms with van der Waals surface area (Å²) >= 11 is 0. The average molecular weight is 398 g/mol. The lowest BCUT2D eigenvalue weighted by atomic mass is 10.1. The number of para-hydroxylation sites is 2. The first-order valence-electron chi connectivity index (χ1n) is 9.08. The molecule has 0 saturated carbocycles. The van der Waals surface area contributed by atoms with Crippen molar-refractivity contribution in [2.75, 3.05) is 30.4 Å². The summed E-state index contributed by atoms with van der Waals surface area (Å²) in [6, 6.07) is 10.1. The second-order valence-electron chi connectivity index (χ2n) is 6.83. The zero-order valence-corrected chi connectivity index (χ0v) is 16.4. The van der Waals surface area contributed by atoms with Crippen molar-refractivity contribution in [1.29, 1.82) is 0 Å². The molecule has 0 bridgehead atoms. The number of aryl methyl sites for hydroxylation is 2. The monoisotopic (exact) mass is 398 g/mol. The highest BCUT2D eigenvalue weighted by Crippen LogP contribution is 2.33. The summed E-state index contributed by atoms with van der Waals surface area (Å²) in [4.78, 5) is 37.3. The SMILES string of the molecule is CNC(=O)C1CN(CC(=O)Nc2cc(C)c(C)cc2[N+](=O)[O-])c2ccccc2O1. The Hall–Kier alpha value is -3.62. The Kier molecular flexibility index (Phi) is 5.67. The number of nitrogens with one attached hydrogen (secondary N) is 2. The van der Waals surface area contributed by atoms with Crippen molar-refractivity contribution >= 4 is 28.9 Å². The van der Waals surface area contributed by atoms with Crippen molar-refractivity contribution in [3.8, 4) is 5.75 Å². The molecule has 1 aliphatic heterocycles. The van der Waals surface area contributed by atoms with E-state index >= 15 is 0 Å². The summed E-state index contributed by atoms with van der Waals surface area (Å²) in [6.07, 6.45) is -0.765. The lowest BCUT2D eigenvalue weighted by molar-refractivity contribution is -0.384. The van der Waals surface area contributed by atoms with Gasteiger partial charge in [-0.05, 0) is 43.2 Å². The van der Waals surface area contributed by atoms with E-state index in [4.69, 9.17) is 4.74 Å². The van der Waals surface area contributed by atoms with Gasteiger partial charge in [0.25, 0.3) is 11.6 Å². The molecular formula is C20H22N4O5. The van der Waals surface area contributed by atoms with Gasteiger partial charge in [-0.1, -0.05) is 12.1 Å². The maximum absolute atomic E-state index is 12.7. The number of anilines is 2. The second-order valence-corrected chi connectivity index (χ2v) is 6.83. The van der Waals surface area contributed by atoms with E-state index < -0.39 is 16.9 Å². The van der Waals surface area contributed by atoms with E-state index in [-0.39, 0.29) is 30.4 Å². The van der Waals surface area contributed by atoms with E-state index in [9.17, 15) is 19.7 Å². The third-order valence-electron chi connectivity index (χ3n) is 4.82. The fourth-order valence-corrected chi connectivity index (χ4v) is 3.17. The van der Waals surface area contributed by atoms with Crippen LogP contribution in [0.1, 0.15) is 11.1 Å². The molecule has 1 atom stereocenters. The van der Waals surface area contributed by atoms with Gasteiger partial charge in [-0.15, -0.1) is 0 Å². The van der Waals surface area contributed by atoms with Gasteiger partial charge in [0.2, 0.25) is 5.91 Å². The molecule has 0 spiro atoms. The summed E-state index contributed by atoms with van der Waals surface area (Å²) < 4.78 is 5.72. The van der Waals surface area contributed by atoms with Gasteiger partial charge in [-0.2, -0.15) is 0 Å². The summed E-state index contributed by atoms with van der Waals surface area (Å²) in [5.41, 5.74) is 2.27. The third kappa shape index (κ3) is 4.29. The van der Waals surface area contributed by atoms with E-state index in [2.05, 4.69) is 10.6 Å². The summed E-state index contributed by atoms with van der Waals surface area (Å²) in [7, 11) is 1.52. The number of benzene rings is 2. The normalized spacial score (nSPS) is 15.1. The second kappa shape index (κ2) is 8.17. The van der Waals surface area contributed by atoms with Gasteiger partial charge in [0.15, 0.2) is 6.10 Å². The fraction of sp³-hybridized carbons (Fsp3) is 0.300. The van der Waals surface area contributed by atoms with Gasteiger partial charge < -0.3 is 20.3 Å². The number of hydrogen-bond donors (Lipinski definition) is 2. The van der Waals surface area contributed by atoms with E-state index in [0.717, 1.165) is 11.1 Å². The third-order valence-corrected chi connectivity index (χ3v) is 4.82. The smallest absolute Gasteiger partial charge is 0.293 e. The van der Waals surface area contributed by atoms with Crippen LogP contribution in [0.2, 0.25) is 0 Å². The van der Waals surface area contributed by atoms with Crippen molar-refractivity contribution in [3.63, 3.8) is 0 Å². The Labute approximate surface area is 167 Å². The van der Waals surface area contributed by atoms with Crippen LogP contribution in [0.5, 0.6) is 5.75 Å². The Balaban J connectivity index is 1.82. The maximum atomic E-state index is 12.7. The van der Waals surface area contributed by atoms with Crippen LogP contribution >= 0.6 is 0 Å². The molecule has 2 amide bonds. The minimum atomic E-state index is -0.765. The van der Waals surface area contributed by atoms with Gasteiger partial charge in [0.1, 0.15) is 11.4 Å². The highest BCUT2D eigenvalue weighted by molar-refractivity contribution is 5.97. The number of ether oxygens (including phenoxy) is 1. The van der Waals surface area contributed by atoms with Crippen LogP contribution in [0.3, 0.4) is 0 Å². The molecule has 0 saturated heterocycles. The predicted molar refractivity (Wildman–Crippen MR) is 108 cm³/mol. The Morgan fingerprint density at radius 1 is 1.24 bits per heavy atom. The first-order chi connectivity index (χ1) is 13.8. The number of likely N-dealkylation sites (N-methyl/N-ethyl adjacent to an activating group) is 1. The molecule has 9 nitrogen and oxygen atoms in total. The van der Waals surface area contributed by atoms with Gasteiger partial charge in [-0.25, -0.2) is 0 Å². The first-order valence-corrected chi connectivity index (χ1v) is 9.08. The van der Waals surface area contributed by atoms with Crippen LogP contribution in [0.15, 0.2) is 36.4 Å². The number of hydrogen-bond acceptors (Lipinski definition) is 6. The molecule has 1 aliphatic rings. The molecule has 0 radical (unpaired) electrons. The highest BCUT2D eigenvalue weighted by atomic mass is 16.6. The number of carbonyl (C=O) groups is 2. The van der Waals surface area contributed by atoms with Crippen molar-refractivity contribution < 1.29 is 19.2 Å².